The van der Waals surface area contributed by atoms with Crippen LogP contribution in [0.15, 0.2) is 42.7 Å². The van der Waals surface area contributed by atoms with Crippen LogP contribution >= 0.6 is 23.2 Å². The molecule has 0 fully saturated rings. The molecule has 0 saturated carbocycles. The highest BCUT2D eigenvalue weighted by Gasteiger charge is 2.35. The molecule has 1 N–H and O–H groups in total. The zero-order valence-electron chi connectivity index (χ0n) is 15.7. The van der Waals surface area contributed by atoms with Crippen LogP contribution in [-0.4, -0.2) is 33.1 Å². The normalized spacial score (nSPS) is 15.9. The first-order valence-corrected chi connectivity index (χ1v) is 9.69. The fourth-order valence-corrected chi connectivity index (χ4v) is 3.62. The van der Waals surface area contributed by atoms with Crippen LogP contribution in [-0.2, 0) is 0 Å². The van der Waals surface area contributed by atoms with Crippen LogP contribution in [0.5, 0.6) is 0 Å². The first-order valence-electron chi connectivity index (χ1n) is 8.93. The monoisotopic (exact) mass is 429 g/mol. The summed E-state index contributed by atoms with van der Waals surface area (Å²) in [6.45, 7) is 4.16. The van der Waals surface area contributed by atoms with E-state index in [1.54, 1.807) is 46.1 Å². The fraction of sp³-hybridized carbons (Fsp3) is 0.200. The van der Waals surface area contributed by atoms with Gasteiger partial charge in [-0.2, -0.15) is 5.10 Å². The van der Waals surface area contributed by atoms with E-state index in [0.29, 0.717) is 28.0 Å². The molecular formula is C20H17Cl2N5O2. The largest absolute Gasteiger partial charge is 0.322 e. The van der Waals surface area contributed by atoms with Crippen molar-refractivity contribution in [3.8, 4) is 0 Å². The molecule has 29 heavy (non-hydrogen) atoms. The number of nitrogens with zero attached hydrogens (tertiary/aromatic N) is 4. The lowest BCUT2D eigenvalue weighted by atomic mass is 10.1. The van der Waals surface area contributed by atoms with Gasteiger partial charge in [0.25, 0.3) is 11.8 Å². The third-order valence-corrected chi connectivity index (χ3v) is 5.46. The molecule has 0 spiro atoms. The lowest BCUT2D eigenvalue weighted by Crippen LogP contribution is -2.43. The molecule has 0 unspecified atom stereocenters. The van der Waals surface area contributed by atoms with Gasteiger partial charge < -0.3 is 10.2 Å². The number of anilines is 2. The van der Waals surface area contributed by atoms with Crippen LogP contribution in [0.4, 0.5) is 11.4 Å². The molecule has 9 heteroatoms. The number of aryl methyl sites for hydroxylation is 1. The van der Waals surface area contributed by atoms with Gasteiger partial charge in [-0.3, -0.25) is 19.3 Å². The molecule has 4 rings (SSSR count). The van der Waals surface area contributed by atoms with Crippen LogP contribution in [0, 0.1) is 6.92 Å². The van der Waals surface area contributed by atoms with E-state index in [0.717, 1.165) is 5.69 Å². The van der Waals surface area contributed by atoms with Crippen LogP contribution < -0.4 is 10.2 Å². The summed E-state index contributed by atoms with van der Waals surface area (Å²) in [5, 5.41) is 7.84. The molecule has 7 nitrogen and oxygen atoms in total. The molecule has 1 atom stereocenters. The lowest BCUT2D eigenvalue weighted by molar-refractivity contribution is 0.0939. The second-order valence-corrected chi connectivity index (χ2v) is 7.67. The number of benzene rings is 1. The summed E-state index contributed by atoms with van der Waals surface area (Å²) >= 11 is 12.1. The molecule has 2 amide bonds. The minimum absolute atomic E-state index is 0.123. The summed E-state index contributed by atoms with van der Waals surface area (Å²) in [5.74, 6) is -0.733. The fourth-order valence-electron chi connectivity index (χ4n) is 3.33. The topological polar surface area (TPSA) is 80.1 Å². The number of halogens is 2. The molecule has 0 saturated heterocycles. The Hall–Kier alpha value is -2.90. The Morgan fingerprint density at radius 3 is 2.72 bits per heavy atom. The lowest BCUT2D eigenvalue weighted by Gasteiger charge is -2.32. The van der Waals surface area contributed by atoms with Crippen LogP contribution in [0.2, 0.25) is 10.0 Å². The highest BCUT2D eigenvalue weighted by atomic mass is 35.5. The van der Waals surface area contributed by atoms with E-state index in [9.17, 15) is 9.59 Å². The smallest absolute Gasteiger partial charge is 0.277 e. The minimum Gasteiger partial charge on any atom is -0.322 e. The summed E-state index contributed by atoms with van der Waals surface area (Å²) < 4.78 is 1.59. The summed E-state index contributed by atoms with van der Waals surface area (Å²) in [4.78, 5) is 31.8. The third-order valence-electron chi connectivity index (χ3n) is 4.72. The number of aromatic nitrogens is 3. The quantitative estimate of drug-likeness (QED) is 0.670. The van der Waals surface area contributed by atoms with Crippen molar-refractivity contribution in [1.82, 2.24) is 14.8 Å². The maximum absolute atomic E-state index is 13.3. The number of carbonyl (C=O) groups is 2. The maximum atomic E-state index is 13.3. The molecule has 2 aromatic heterocycles. The van der Waals surface area contributed by atoms with Gasteiger partial charge in [0.05, 0.1) is 27.8 Å². The van der Waals surface area contributed by atoms with Gasteiger partial charge in [0.15, 0.2) is 0 Å². The molecule has 1 aliphatic rings. The molecular weight excluding hydrogens is 413 g/mol. The van der Waals surface area contributed by atoms with Crippen LogP contribution in [0.3, 0.4) is 0 Å². The summed E-state index contributed by atoms with van der Waals surface area (Å²) in [6.07, 6.45) is 3.03. The zero-order valence-corrected chi connectivity index (χ0v) is 17.2. The summed E-state index contributed by atoms with van der Waals surface area (Å²) in [5.41, 5.74) is 2.43. The standard InChI is InChI=1S/C20H17Cl2N5O2/c1-11-7-13(5-6-23-11)25-19(28)15-9-24-27-12(2)10-26(20(29)18(15)27)14-3-4-16(21)17(22)8-14/h3-9,12H,10H2,1-2H3,(H,23,25,28)/t12-/m0/s1. The van der Waals surface area contributed by atoms with Gasteiger partial charge in [-0.25, -0.2) is 0 Å². The SMILES string of the molecule is Cc1cc(NC(=O)c2cnn3c2C(=O)N(c2ccc(Cl)c(Cl)c2)C[C@@H]3C)ccn1. The van der Waals surface area contributed by atoms with E-state index in [-0.39, 0.29) is 23.2 Å². The van der Waals surface area contributed by atoms with E-state index in [1.807, 2.05) is 13.8 Å². The second kappa shape index (κ2) is 7.50. The van der Waals surface area contributed by atoms with Gasteiger partial charge in [0.2, 0.25) is 0 Å². The predicted octanol–water partition coefficient (Wildman–Crippen LogP) is 4.37. The first-order chi connectivity index (χ1) is 13.8. The Morgan fingerprint density at radius 2 is 2.00 bits per heavy atom. The van der Waals surface area contributed by atoms with Gasteiger partial charge in [-0.15, -0.1) is 0 Å². The minimum atomic E-state index is -0.409. The molecule has 0 aliphatic carbocycles. The molecule has 1 aliphatic heterocycles. The Kier molecular flexibility index (Phi) is 5.02. The molecule has 148 valence electrons. The van der Waals surface area contributed by atoms with Crippen molar-refractivity contribution < 1.29 is 9.59 Å². The van der Waals surface area contributed by atoms with Crippen molar-refractivity contribution in [1.29, 1.82) is 0 Å². The predicted molar refractivity (Wildman–Crippen MR) is 112 cm³/mol. The van der Waals surface area contributed by atoms with Crippen LogP contribution in [0.1, 0.15) is 39.5 Å². The highest BCUT2D eigenvalue weighted by molar-refractivity contribution is 6.42. The van der Waals surface area contributed by atoms with E-state index >= 15 is 0 Å². The van der Waals surface area contributed by atoms with Gasteiger partial charge >= 0.3 is 0 Å². The molecule has 0 bridgehead atoms. The first kappa shape index (κ1) is 19.4. The van der Waals surface area contributed by atoms with E-state index in [4.69, 9.17) is 23.2 Å². The zero-order chi connectivity index (χ0) is 20.7. The number of carbonyl (C=O) groups excluding carboxylic acids is 2. The Labute approximate surface area is 177 Å². The van der Waals surface area contributed by atoms with E-state index in [2.05, 4.69) is 15.4 Å². The van der Waals surface area contributed by atoms with Crippen molar-refractivity contribution in [2.75, 3.05) is 16.8 Å². The van der Waals surface area contributed by atoms with Crippen molar-refractivity contribution in [3.05, 3.63) is 69.7 Å². The van der Waals surface area contributed by atoms with Gasteiger partial charge in [0.1, 0.15) is 5.69 Å². The summed E-state index contributed by atoms with van der Waals surface area (Å²) in [7, 11) is 0. The molecule has 3 heterocycles. The van der Waals surface area contributed by atoms with E-state index < -0.39 is 5.91 Å². The Bertz CT molecular complexity index is 1130. The van der Waals surface area contributed by atoms with Crippen LogP contribution in [0.25, 0.3) is 0 Å². The molecule has 0 radical (unpaired) electrons. The van der Waals surface area contributed by atoms with Gasteiger partial charge in [-0.05, 0) is 44.2 Å². The number of hydrogen-bond acceptors (Lipinski definition) is 4. The maximum Gasteiger partial charge on any atom is 0.277 e. The Balaban J connectivity index is 1.69. The van der Waals surface area contributed by atoms with Crippen molar-refractivity contribution >= 4 is 46.4 Å². The van der Waals surface area contributed by atoms with Gasteiger partial charge in [-0.1, -0.05) is 23.2 Å². The number of pyridine rings is 1. The molecule has 1 aromatic carbocycles. The average Bonchev–Trinajstić information content (AvgIpc) is 3.13. The average molecular weight is 430 g/mol. The van der Waals surface area contributed by atoms with E-state index in [1.165, 1.54) is 6.20 Å². The molecule has 3 aromatic rings. The van der Waals surface area contributed by atoms with Gasteiger partial charge in [0, 0.05) is 29.8 Å². The van der Waals surface area contributed by atoms with Crippen molar-refractivity contribution in [2.45, 2.75) is 19.9 Å². The number of amides is 2. The number of nitrogens with one attached hydrogen (secondary N) is 1. The van der Waals surface area contributed by atoms with Crippen molar-refractivity contribution in [3.63, 3.8) is 0 Å². The Morgan fingerprint density at radius 1 is 1.21 bits per heavy atom. The summed E-state index contributed by atoms with van der Waals surface area (Å²) in [6, 6.07) is 8.32. The number of rotatable bonds is 3. The number of hydrogen-bond donors (Lipinski definition) is 1. The number of fused-ring (bicyclic) bond motifs is 1. The highest BCUT2D eigenvalue weighted by Crippen LogP contribution is 2.32. The third kappa shape index (κ3) is 3.59. The van der Waals surface area contributed by atoms with Crippen molar-refractivity contribution in [2.24, 2.45) is 0 Å². The second-order valence-electron chi connectivity index (χ2n) is 6.85.